The van der Waals surface area contributed by atoms with Crippen molar-refractivity contribution in [3.63, 3.8) is 0 Å². The van der Waals surface area contributed by atoms with Gasteiger partial charge in [0.15, 0.2) is 0 Å². The summed E-state index contributed by atoms with van der Waals surface area (Å²) in [4.78, 5) is 0. The van der Waals surface area contributed by atoms with Gasteiger partial charge in [0, 0.05) is 16.6 Å². The van der Waals surface area contributed by atoms with Crippen LogP contribution in [0.1, 0.15) is 44.6 Å². The molecular weight excluding hydrogens is 261 g/mol. The molecule has 1 aliphatic rings. The summed E-state index contributed by atoms with van der Waals surface area (Å²) in [6.45, 7) is 3.15. The van der Waals surface area contributed by atoms with E-state index in [0.29, 0.717) is 29.0 Å². The van der Waals surface area contributed by atoms with Gasteiger partial charge in [0.2, 0.25) is 0 Å². The molecule has 106 valence electrons. The van der Waals surface area contributed by atoms with Gasteiger partial charge in [0.05, 0.1) is 0 Å². The average molecular weight is 284 g/mol. The Hall–Kier alpha value is -0.600. The van der Waals surface area contributed by atoms with Crippen LogP contribution in [0.3, 0.4) is 0 Å². The fraction of sp³-hybridized carbons (Fsp3) is 0.625. The predicted molar refractivity (Wildman–Crippen MR) is 79.2 cm³/mol. The van der Waals surface area contributed by atoms with E-state index in [1.807, 2.05) is 0 Å². The van der Waals surface area contributed by atoms with Gasteiger partial charge in [-0.05, 0) is 50.3 Å². The van der Waals surface area contributed by atoms with Crippen LogP contribution in [-0.4, -0.2) is 12.6 Å². The highest BCUT2D eigenvalue weighted by Crippen LogP contribution is 2.31. The third-order valence-electron chi connectivity index (χ3n) is 4.11. The first-order valence-electron chi connectivity index (χ1n) is 7.38. The van der Waals surface area contributed by atoms with Crippen molar-refractivity contribution < 1.29 is 4.39 Å². The lowest BCUT2D eigenvalue weighted by Crippen LogP contribution is -2.37. The molecule has 0 radical (unpaired) electrons. The Bertz CT molecular complexity index is 381. The predicted octanol–water partition coefficient (Wildman–Crippen LogP) is 4.58. The van der Waals surface area contributed by atoms with Crippen molar-refractivity contribution in [1.29, 1.82) is 0 Å². The summed E-state index contributed by atoms with van der Waals surface area (Å²) in [5, 5.41) is 4.15. The van der Waals surface area contributed by atoms with E-state index in [0.717, 1.165) is 13.0 Å². The lowest BCUT2D eigenvalue weighted by molar-refractivity contribution is 0.353. The molecule has 1 aromatic rings. The van der Waals surface area contributed by atoms with Crippen molar-refractivity contribution in [2.24, 2.45) is 5.92 Å². The molecule has 0 bridgehead atoms. The van der Waals surface area contributed by atoms with E-state index >= 15 is 0 Å². The SMILES string of the molecule is CCCNC(Cc1c(F)cccc1Cl)C1CCCC1. The molecule has 1 fully saturated rings. The Balaban J connectivity index is 2.10. The highest BCUT2D eigenvalue weighted by Gasteiger charge is 2.26. The van der Waals surface area contributed by atoms with Crippen LogP contribution >= 0.6 is 11.6 Å². The molecular formula is C16H23ClFN. The minimum Gasteiger partial charge on any atom is -0.313 e. The van der Waals surface area contributed by atoms with Gasteiger partial charge in [-0.1, -0.05) is 37.4 Å². The topological polar surface area (TPSA) is 12.0 Å². The largest absolute Gasteiger partial charge is 0.313 e. The first-order chi connectivity index (χ1) is 9.22. The minimum atomic E-state index is -0.172. The Morgan fingerprint density at radius 3 is 2.74 bits per heavy atom. The molecule has 1 N–H and O–H groups in total. The van der Waals surface area contributed by atoms with E-state index in [1.54, 1.807) is 12.1 Å². The second-order valence-electron chi connectivity index (χ2n) is 5.51. The summed E-state index contributed by atoms with van der Waals surface area (Å²) >= 11 is 6.15. The maximum atomic E-state index is 13.9. The fourth-order valence-electron chi connectivity index (χ4n) is 3.04. The summed E-state index contributed by atoms with van der Waals surface area (Å²) in [5.41, 5.74) is 0.671. The fourth-order valence-corrected chi connectivity index (χ4v) is 3.28. The molecule has 1 nitrogen and oxygen atoms in total. The molecule has 0 saturated heterocycles. The summed E-state index contributed by atoms with van der Waals surface area (Å²) in [7, 11) is 0. The molecule has 2 rings (SSSR count). The lowest BCUT2D eigenvalue weighted by atomic mass is 9.92. The van der Waals surface area contributed by atoms with Gasteiger partial charge in [-0.25, -0.2) is 4.39 Å². The van der Waals surface area contributed by atoms with Crippen molar-refractivity contribution in [1.82, 2.24) is 5.32 Å². The van der Waals surface area contributed by atoms with E-state index in [2.05, 4.69) is 12.2 Å². The van der Waals surface area contributed by atoms with Crippen molar-refractivity contribution in [2.45, 2.75) is 51.5 Å². The molecule has 0 aromatic heterocycles. The van der Waals surface area contributed by atoms with Gasteiger partial charge in [0.1, 0.15) is 5.82 Å². The number of rotatable bonds is 6. The van der Waals surface area contributed by atoms with Crippen LogP contribution < -0.4 is 5.32 Å². The Morgan fingerprint density at radius 1 is 1.37 bits per heavy atom. The number of hydrogen-bond acceptors (Lipinski definition) is 1. The second-order valence-corrected chi connectivity index (χ2v) is 5.92. The van der Waals surface area contributed by atoms with Crippen LogP contribution in [-0.2, 0) is 6.42 Å². The second kappa shape index (κ2) is 7.25. The first-order valence-corrected chi connectivity index (χ1v) is 7.76. The zero-order valence-electron chi connectivity index (χ0n) is 11.6. The van der Waals surface area contributed by atoms with E-state index in [4.69, 9.17) is 11.6 Å². The van der Waals surface area contributed by atoms with Gasteiger partial charge in [-0.2, -0.15) is 0 Å². The van der Waals surface area contributed by atoms with E-state index < -0.39 is 0 Å². The zero-order chi connectivity index (χ0) is 13.7. The normalized spacial score (nSPS) is 17.8. The van der Waals surface area contributed by atoms with E-state index in [1.165, 1.54) is 31.7 Å². The third kappa shape index (κ3) is 3.93. The molecule has 1 saturated carbocycles. The molecule has 1 aliphatic carbocycles. The summed E-state index contributed by atoms with van der Waals surface area (Å²) in [5.74, 6) is 0.496. The monoisotopic (exact) mass is 283 g/mol. The first kappa shape index (κ1) is 14.8. The van der Waals surface area contributed by atoms with Crippen LogP contribution in [0.4, 0.5) is 4.39 Å². The van der Waals surface area contributed by atoms with Gasteiger partial charge < -0.3 is 5.32 Å². The maximum Gasteiger partial charge on any atom is 0.127 e. The van der Waals surface area contributed by atoms with Crippen LogP contribution in [0, 0.1) is 11.7 Å². The number of hydrogen-bond donors (Lipinski definition) is 1. The molecule has 0 heterocycles. The number of benzene rings is 1. The van der Waals surface area contributed by atoms with Crippen LogP contribution in [0.15, 0.2) is 18.2 Å². The van der Waals surface area contributed by atoms with Gasteiger partial charge in [-0.3, -0.25) is 0 Å². The Morgan fingerprint density at radius 2 is 2.11 bits per heavy atom. The zero-order valence-corrected chi connectivity index (χ0v) is 12.3. The standard InChI is InChI=1S/C16H23ClFN/c1-2-10-19-16(12-6-3-4-7-12)11-13-14(17)8-5-9-15(13)18/h5,8-9,12,16,19H,2-4,6-7,10-11H2,1H3. The average Bonchev–Trinajstić information content (AvgIpc) is 2.91. The van der Waals surface area contributed by atoms with Crippen molar-refractivity contribution in [2.75, 3.05) is 6.54 Å². The van der Waals surface area contributed by atoms with Crippen LogP contribution in [0.2, 0.25) is 5.02 Å². The quantitative estimate of drug-likeness (QED) is 0.806. The van der Waals surface area contributed by atoms with Crippen molar-refractivity contribution >= 4 is 11.6 Å². The molecule has 0 amide bonds. The maximum absolute atomic E-state index is 13.9. The molecule has 19 heavy (non-hydrogen) atoms. The smallest absolute Gasteiger partial charge is 0.127 e. The molecule has 3 heteroatoms. The van der Waals surface area contributed by atoms with E-state index in [-0.39, 0.29) is 5.82 Å². The summed E-state index contributed by atoms with van der Waals surface area (Å²) < 4.78 is 13.9. The number of nitrogens with one attached hydrogen (secondary N) is 1. The number of halogens is 2. The van der Waals surface area contributed by atoms with Gasteiger partial charge in [0.25, 0.3) is 0 Å². The summed E-state index contributed by atoms with van der Waals surface area (Å²) in [6.07, 6.45) is 6.94. The summed E-state index contributed by atoms with van der Waals surface area (Å²) in [6, 6.07) is 5.32. The molecule has 1 atom stereocenters. The highest BCUT2D eigenvalue weighted by molar-refractivity contribution is 6.31. The molecule has 1 unspecified atom stereocenters. The van der Waals surface area contributed by atoms with Crippen molar-refractivity contribution in [3.8, 4) is 0 Å². The highest BCUT2D eigenvalue weighted by atomic mass is 35.5. The van der Waals surface area contributed by atoms with Crippen LogP contribution in [0.25, 0.3) is 0 Å². The van der Waals surface area contributed by atoms with Gasteiger partial charge >= 0.3 is 0 Å². The molecule has 0 spiro atoms. The lowest BCUT2D eigenvalue weighted by Gasteiger charge is -2.25. The molecule has 1 aromatic carbocycles. The Labute approximate surface area is 120 Å². The van der Waals surface area contributed by atoms with E-state index in [9.17, 15) is 4.39 Å². The Kier molecular flexibility index (Phi) is 5.65. The van der Waals surface area contributed by atoms with Gasteiger partial charge in [-0.15, -0.1) is 0 Å². The van der Waals surface area contributed by atoms with Crippen LogP contribution in [0.5, 0.6) is 0 Å². The molecule has 0 aliphatic heterocycles. The third-order valence-corrected chi connectivity index (χ3v) is 4.47. The van der Waals surface area contributed by atoms with Crippen molar-refractivity contribution in [3.05, 3.63) is 34.6 Å². The minimum absolute atomic E-state index is 0.172.